The Labute approximate surface area is 196 Å². The molecule has 3 heterocycles. The number of Topliss-reactive ketones (excluding diaryl/α,β-unsaturated/α-hetero) is 1. The summed E-state index contributed by atoms with van der Waals surface area (Å²) in [5, 5.41) is 0. The Balaban J connectivity index is 1.09. The largest absolute Gasteiger partial charge is 0.492 e. The third-order valence-corrected chi connectivity index (χ3v) is 7.66. The Kier molecular flexibility index (Phi) is 6.50. The average molecular weight is 447 g/mol. The van der Waals surface area contributed by atoms with Gasteiger partial charge in [-0.15, -0.1) is 0 Å². The Morgan fingerprint density at radius 2 is 1.76 bits per heavy atom. The number of para-hydroxylation sites is 1. The molecule has 2 aromatic rings. The fourth-order valence-electron chi connectivity index (χ4n) is 5.62. The van der Waals surface area contributed by atoms with Crippen molar-refractivity contribution in [2.24, 2.45) is 5.92 Å². The monoisotopic (exact) mass is 446 g/mol. The summed E-state index contributed by atoms with van der Waals surface area (Å²) >= 11 is 0. The van der Waals surface area contributed by atoms with Gasteiger partial charge in [0.2, 0.25) is 5.91 Å². The maximum atomic E-state index is 13.0. The Morgan fingerprint density at radius 3 is 2.52 bits per heavy atom. The second-order valence-corrected chi connectivity index (χ2v) is 9.85. The Hall–Kier alpha value is -2.66. The maximum Gasteiger partial charge on any atom is 0.227 e. The summed E-state index contributed by atoms with van der Waals surface area (Å²) in [7, 11) is 0. The van der Waals surface area contributed by atoms with Gasteiger partial charge >= 0.3 is 0 Å². The number of hydrogen-bond donors (Lipinski definition) is 0. The standard InChI is InChI=1S/C28H34N2O3/c1-20(19-33-25-5-3-2-4-6-25)29-14-11-21(12-15-29)7-9-26(31)24-17-22-8-10-27(32)30-16-13-23(18-24)28(22)30/h2-6,17-18,20-21H,7-16,19H2,1H3. The molecule has 1 unspecified atom stereocenters. The van der Waals surface area contributed by atoms with E-state index in [0.717, 1.165) is 68.7 Å². The number of benzene rings is 2. The second kappa shape index (κ2) is 9.68. The predicted octanol–water partition coefficient (Wildman–Crippen LogP) is 4.66. The highest BCUT2D eigenvalue weighted by atomic mass is 16.5. The lowest BCUT2D eigenvalue weighted by Gasteiger charge is -2.36. The van der Waals surface area contributed by atoms with Gasteiger partial charge in [-0.1, -0.05) is 18.2 Å². The zero-order valence-corrected chi connectivity index (χ0v) is 19.6. The molecular weight excluding hydrogens is 412 g/mol. The lowest BCUT2D eigenvalue weighted by Crippen LogP contribution is -2.42. The van der Waals surface area contributed by atoms with E-state index in [1.807, 2.05) is 35.2 Å². The maximum absolute atomic E-state index is 13.0. The number of carbonyl (C=O) groups excluding carboxylic acids is 2. The van der Waals surface area contributed by atoms with Gasteiger partial charge in [0.1, 0.15) is 12.4 Å². The first-order valence-corrected chi connectivity index (χ1v) is 12.5. The first kappa shape index (κ1) is 22.1. The molecule has 5 heteroatoms. The predicted molar refractivity (Wildman–Crippen MR) is 130 cm³/mol. The van der Waals surface area contributed by atoms with Crippen molar-refractivity contribution in [2.75, 3.05) is 31.1 Å². The van der Waals surface area contributed by atoms with Gasteiger partial charge in [0.05, 0.1) is 5.69 Å². The van der Waals surface area contributed by atoms with Crippen molar-refractivity contribution >= 4 is 17.4 Å². The molecule has 0 bridgehead atoms. The van der Waals surface area contributed by atoms with E-state index in [-0.39, 0.29) is 11.7 Å². The van der Waals surface area contributed by atoms with Crippen LogP contribution >= 0.6 is 0 Å². The fourth-order valence-corrected chi connectivity index (χ4v) is 5.62. The van der Waals surface area contributed by atoms with E-state index in [9.17, 15) is 9.59 Å². The lowest BCUT2D eigenvalue weighted by molar-refractivity contribution is -0.118. The Bertz CT molecular complexity index is 1010. The molecule has 33 heavy (non-hydrogen) atoms. The van der Waals surface area contributed by atoms with Crippen LogP contribution in [0.1, 0.15) is 60.5 Å². The van der Waals surface area contributed by atoms with Crippen molar-refractivity contribution in [2.45, 2.75) is 57.9 Å². The van der Waals surface area contributed by atoms with Crippen LogP contribution in [0.2, 0.25) is 0 Å². The molecule has 1 fully saturated rings. The zero-order valence-electron chi connectivity index (χ0n) is 19.6. The number of amides is 1. The van der Waals surface area contributed by atoms with Crippen molar-refractivity contribution < 1.29 is 14.3 Å². The molecule has 5 nitrogen and oxygen atoms in total. The minimum Gasteiger partial charge on any atom is -0.492 e. The van der Waals surface area contributed by atoms with Crippen LogP contribution in [-0.4, -0.2) is 48.9 Å². The first-order valence-electron chi connectivity index (χ1n) is 12.5. The number of ether oxygens (including phenoxy) is 1. The van der Waals surface area contributed by atoms with E-state index in [0.29, 0.717) is 31.4 Å². The van der Waals surface area contributed by atoms with Crippen molar-refractivity contribution in [3.63, 3.8) is 0 Å². The van der Waals surface area contributed by atoms with Crippen molar-refractivity contribution in [3.05, 3.63) is 59.2 Å². The second-order valence-electron chi connectivity index (χ2n) is 9.85. The van der Waals surface area contributed by atoms with Crippen LogP contribution in [0.3, 0.4) is 0 Å². The molecule has 0 radical (unpaired) electrons. The molecule has 2 aromatic carbocycles. The van der Waals surface area contributed by atoms with Crippen LogP contribution < -0.4 is 9.64 Å². The number of piperidine rings is 1. The minimum atomic E-state index is 0.229. The van der Waals surface area contributed by atoms with E-state index in [2.05, 4.69) is 24.0 Å². The molecule has 174 valence electrons. The Morgan fingerprint density at radius 1 is 1.03 bits per heavy atom. The van der Waals surface area contributed by atoms with E-state index in [4.69, 9.17) is 4.74 Å². The van der Waals surface area contributed by atoms with Gasteiger partial charge in [0.15, 0.2) is 5.78 Å². The number of ketones is 1. The first-order chi connectivity index (χ1) is 16.1. The molecule has 0 N–H and O–H groups in total. The zero-order chi connectivity index (χ0) is 22.8. The van der Waals surface area contributed by atoms with Crippen LogP contribution in [0.15, 0.2) is 42.5 Å². The molecule has 3 aliphatic heterocycles. The van der Waals surface area contributed by atoms with E-state index >= 15 is 0 Å². The van der Waals surface area contributed by atoms with Gasteiger partial charge in [0.25, 0.3) is 0 Å². The van der Waals surface area contributed by atoms with E-state index in [1.165, 1.54) is 11.1 Å². The van der Waals surface area contributed by atoms with Gasteiger partial charge in [0, 0.05) is 31.0 Å². The summed E-state index contributed by atoms with van der Waals surface area (Å²) in [5.41, 5.74) is 4.32. The number of aryl methyl sites for hydroxylation is 1. The van der Waals surface area contributed by atoms with E-state index in [1.54, 1.807) is 0 Å². The van der Waals surface area contributed by atoms with Gasteiger partial charge in [-0.05, 0) is 93.4 Å². The number of likely N-dealkylation sites (tertiary alicyclic amines) is 1. The van der Waals surface area contributed by atoms with Crippen LogP contribution in [-0.2, 0) is 17.6 Å². The highest BCUT2D eigenvalue weighted by Gasteiger charge is 2.32. The lowest BCUT2D eigenvalue weighted by atomic mass is 9.88. The van der Waals surface area contributed by atoms with Gasteiger partial charge in [-0.3, -0.25) is 14.5 Å². The van der Waals surface area contributed by atoms with E-state index < -0.39 is 0 Å². The molecule has 0 aliphatic carbocycles. The molecule has 3 aliphatic rings. The number of anilines is 1. The molecule has 0 aromatic heterocycles. The fraction of sp³-hybridized carbons (Fsp3) is 0.500. The summed E-state index contributed by atoms with van der Waals surface area (Å²) < 4.78 is 5.94. The smallest absolute Gasteiger partial charge is 0.227 e. The summed E-state index contributed by atoms with van der Waals surface area (Å²) in [4.78, 5) is 29.6. The number of nitrogens with zero attached hydrogens (tertiary/aromatic N) is 2. The molecule has 1 saturated heterocycles. The van der Waals surface area contributed by atoms with Crippen molar-refractivity contribution in [3.8, 4) is 5.75 Å². The minimum absolute atomic E-state index is 0.229. The van der Waals surface area contributed by atoms with Crippen LogP contribution in [0, 0.1) is 5.92 Å². The summed E-state index contributed by atoms with van der Waals surface area (Å²) in [6, 6.07) is 14.5. The number of hydrogen-bond acceptors (Lipinski definition) is 4. The third-order valence-electron chi connectivity index (χ3n) is 7.66. The normalized spacial score (nSPS) is 19.4. The molecule has 1 atom stereocenters. The molecule has 0 spiro atoms. The van der Waals surface area contributed by atoms with Crippen LogP contribution in [0.25, 0.3) is 0 Å². The van der Waals surface area contributed by atoms with Gasteiger partial charge in [-0.2, -0.15) is 0 Å². The highest BCUT2D eigenvalue weighted by molar-refractivity contribution is 6.02. The molecular formula is C28H34N2O3. The van der Waals surface area contributed by atoms with Gasteiger partial charge in [-0.25, -0.2) is 0 Å². The average Bonchev–Trinajstić information content (AvgIpc) is 3.29. The van der Waals surface area contributed by atoms with Crippen LogP contribution in [0.5, 0.6) is 5.75 Å². The quantitative estimate of drug-likeness (QED) is 0.553. The highest BCUT2D eigenvalue weighted by Crippen LogP contribution is 2.38. The van der Waals surface area contributed by atoms with Gasteiger partial charge < -0.3 is 9.64 Å². The van der Waals surface area contributed by atoms with Crippen molar-refractivity contribution in [1.82, 2.24) is 4.90 Å². The summed E-state index contributed by atoms with van der Waals surface area (Å²) in [6.45, 7) is 5.86. The SMILES string of the molecule is CC(COc1ccccc1)N1CCC(CCC(=O)c2cc3c4c(c2)CCN4C(=O)CC3)CC1. The molecule has 1 amide bonds. The molecule has 0 saturated carbocycles. The third kappa shape index (κ3) is 4.84. The molecule has 5 rings (SSSR count). The topological polar surface area (TPSA) is 49.9 Å². The summed E-state index contributed by atoms with van der Waals surface area (Å²) in [5.74, 6) is 2.04. The van der Waals surface area contributed by atoms with Crippen LogP contribution in [0.4, 0.5) is 5.69 Å². The van der Waals surface area contributed by atoms with Crippen molar-refractivity contribution in [1.29, 1.82) is 0 Å². The summed E-state index contributed by atoms with van der Waals surface area (Å²) in [6.07, 6.45) is 6.10. The number of carbonyl (C=O) groups is 2. The number of rotatable bonds is 8.